The predicted molar refractivity (Wildman–Crippen MR) is 97.2 cm³/mol. The first kappa shape index (κ1) is 18.8. The van der Waals surface area contributed by atoms with Crippen molar-refractivity contribution < 1.29 is 19.1 Å². The van der Waals surface area contributed by atoms with Gasteiger partial charge in [-0.25, -0.2) is 4.79 Å². The van der Waals surface area contributed by atoms with E-state index in [1.165, 1.54) is 0 Å². The molecule has 2 aliphatic heterocycles. The summed E-state index contributed by atoms with van der Waals surface area (Å²) in [6.45, 7) is 10.3. The zero-order valence-corrected chi connectivity index (χ0v) is 16.2. The Bertz CT molecular complexity index is 696. The highest BCUT2D eigenvalue weighted by atomic mass is 16.6. The summed E-state index contributed by atoms with van der Waals surface area (Å²) in [5, 5.41) is 0. The van der Waals surface area contributed by atoms with E-state index < -0.39 is 5.60 Å². The fourth-order valence-corrected chi connectivity index (χ4v) is 3.91. The van der Waals surface area contributed by atoms with Gasteiger partial charge in [-0.05, 0) is 59.6 Å². The van der Waals surface area contributed by atoms with E-state index >= 15 is 0 Å². The number of aromatic nitrogens is 1. The molecule has 2 atom stereocenters. The number of hydrogen-bond acceptors (Lipinski definition) is 5. The number of morpholine rings is 1. The molecule has 1 amide bonds. The van der Waals surface area contributed by atoms with Gasteiger partial charge < -0.3 is 9.47 Å². The zero-order chi connectivity index (χ0) is 19.1. The van der Waals surface area contributed by atoms with E-state index in [0.29, 0.717) is 31.6 Å². The van der Waals surface area contributed by atoms with Crippen LogP contribution < -0.4 is 0 Å². The Kier molecular flexibility index (Phi) is 5.06. The molecule has 2 saturated heterocycles. The summed E-state index contributed by atoms with van der Waals surface area (Å²) in [5.74, 6) is 0.00605. The monoisotopic (exact) mass is 360 g/mol. The number of piperidine rings is 1. The molecular weight excluding hydrogens is 332 g/mol. The first-order valence-corrected chi connectivity index (χ1v) is 9.23. The number of hydrogen-bond donors (Lipinski definition) is 0. The third kappa shape index (κ3) is 3.90. The maximum Gasteiger partial charge on any atom is 0.410 e. The van der Waals surface area contributed by atoms with Crippen molar-refractivity contribution in [1.29, 1.82) is 0 Å². The van der Waals surface area contributed by atoms with E-state index in [1.807, 2.05) is 46.8 Å². The Morgan fingerprint density at radius 2 is 1.77 bits per heavy atom. The van der Waals surface area contributed by atoms with E-state index in [-0.39, 0.29) is 29.9 Å². The second kappa shape index (κ2) is 6.99. The highest BCUT2D eigenvalue weighted by Gasteiger charge is 2.45. The molecule has 3 heterocycles. The van der Waals surface area contributed by atoms with Crippen molar-refractivity contribution in [1.82, 2.24) is 9.88 Å². The Labute approximate surface area is 154 Å². The lowest BCUT2D eigenvalue weighted by molar-refractivity contribution is -0.0861. The Morgan fingerprint density at radius 3 is 2.31 bits per heavy atom. The second-order valence-electron chi connectivity index (χ2n) is 8.35. The normalized spacial score (nSPS) is 25.7. The first-order chi connectivity index (χ1) is 12.2. The Morgan fingerprint density at radius 1 is 1.15 bits per heavy atom. The number of carbonyl (C=O) groups excluding carboxylic acids is 2. The molecule has 6 nitrogen and oxygen atoms in total. The molecule has 2 bridgehead atoms. The number of pyridine rings is 1. The van der Waals surface area contributed by atoms with Gasteiger partial charge in [0.2, 0.25) is 0 Å². The molecule has 2 aliphatic rings. The number of rotatable bonds is 2. The number of nitrogens with zero attached hydrogens (tertiary/aromatic N) is 2. The van der Waals surface area contributed by atoms with Gasteiger partial charge in [0.1, 0.15) is 5.60 Å². The standard InChI is InChI=1S/C20H28N2O4/c1-12-6-7-17(13(2)21-12)18(23)14-8-15-10-25-11-16(9-14)22(15)19(24)26-20(3,4)5/h6-7,14-16H,8-11H2,1-5H3. The highest BCUT2D eigenvalue weighted by Crippen LogP contribution is 2.35. The number of carbonyl (C=O) groups is 2. The maximum atomic E-state index is 13.1. The van der Waals surface area contributed by atoms with Gasteiger partial charge in [0.25, 0.3) is 0 Å². The van der Waals surface area contributed by atoms with Crippen LogP contribution in [-0.2, 0) is 9.47 Å². The summed E-state index contributed by atoms with van der Waals surface area (Å²) in [5.41, 5.74) is 1.82. The van der Waals surface area contributed by atoms with Crippen LogP contribution in [0.1, 0.15) is 55.4 Å². The molecule has 0 radical (unpaired) electrons. The van der Waals surface area contributed by atoms with Gasteiger partial charge in [0, 0.05) is 22.9 Å². The maximum absolute atomic E-state index is 13.1. The van der Waals surface area contributed by atoms with Gasteiger partial charge in [-0.15, -0.1) is 0 Å². The fourth-order valence-electron chi connectivity index (χ4n) is 3.91. The number of ketones is 1. The lowest BCUT2D eigenvalue weighted by atomic mass is 9.80. The molecule has 0 aliphatic carbocycles. The zero-order valence-electron chi connectivity index (χ0n) is 16.2. The SMILES string of the molecule is Cc1ccc(C(=O)C2CC3COCC(C2)N3C(=O)OC(C)(C)C)c(C)n1. The van der Waals surface area contributed by atoms with Crippen LogP contribution in [0.3, 0.4) is 0 Å². The molecule has 1 aromatic rings. The molecule has 26 heavy (non-hydrogen) atoms. The summed E-state index contributed by atoms with van der Waals surface area (Å²) in [4.78, 5) is 31.9. The molecule has 0 aromatic carbocycles. The summed E-state index contributed by atoms with van der Waals surface area (Å²) in [7, 11) is 0. The van der Waals surface area contributed by atoms with E-state index in [2.05, 4.69) is 4.98 Å². The van der Waals surface area contributed by atoms with Crippen LogP contribution in [0.25, 0.3) is 0 Å². The van der Waals surface area contributed by atoms with Crippen molar-refractivity contribution in [3.8, 4) is 0 Å². The lowest BCUT2D eigenvalue weighted by Crippen LogP contribution is -2.60. The van der Waals surface area contributed by atoms with E-state index in [1.54, 1.807) is 4.90 Å². The molecule has 6 heteroatoms. The number of amides is 1. The molecule has 2 fully saturated rings. The van der Waals surface area contributed by atoms with Crippen molar-refractivity contribution in [2.24, 2.45) is 5.92 Å². The molecule has 0 saturated carbocycles. The van der Waals surface area contributed by atoms with Crippen LogP contribution in [0.15, 0.2) is 12.1 Å². The van der Waals surface area contributed by atoms with E-state index in [9.17, 15) is 9.59 Å². The van der Waals surface area contributed by atoms with Gasteiger partial charge >= 0.3 is 6.09 Å². The van der Waals surface area contributed by atoms with Crippen LogP contribution in [-0.4, -0.2) is 52.7 Å². The Balaban J connectivity index is 1.77. The minimum atomic E-state index is -0.538. The third-order valence-electron chi connectivity index (χ3n) is 4.99. The lowest BCUT2D eigenvalue weighted by Gasteiger charge is -2.47. The predicted octanol–water partition coefficient (Wildman–Crippen LogP) is 3.30. The van der Waals surface area contributed by atoms with Gasteiger partial charge in [0.05, 0.1) is 25.3 Å². The minimum Gasteiger partial charge on any atom is -0.444 e. The van der Waals surface area contributed by atoms with Crippen LogP contribution in [0.2, 0.25) is 0 Å². The number of aryl methyl sites for hydroxylation is 2. The van der Waals surface area contributed by atoms with E-state index in [0.717, 1.165) is 11.4 Å². The van der Waals surface area contributed by atoms with Crippen LogP contribution in [0.4, 0.5) is 4.79 Å². The number of Topliss-reactive ketones (excluding diaryl/α,β-unsaturated/α-hetero) is 1. The summed E-state index contributed by atoms with van der Waals surface area (Å²) < 4.78 is 11.2. The molecule has 3 rings (SSSR count). The topological polar surface area (TPSA) is 68.7 Å². The number of ether oxygens (including phenoxy) is 2. The van der Waals surface area contributed by atoms with Crippen molar-refractivity contribution in [3.05, 3.63) is 29.1 Å². The van der Waals surface area contributed by atoms with Gasteiger partial charge in [0.15, 0.2) is 5.78 Å². The Hall–Kier alpha value is -1.95. The van der Waals surface area contributed by atoms with Gasteiger partial charge in [-0.1, -0.05) is 0 Å². The summed E-state index contributed by atoms with van der Waals surface area (Å²) in [6.07, 6.45) is 0.888. The average Bonchev–Trinajstić information content (AvgIpc) is 2.51. The molecule has 1 aromatic heterocycles. The molecule has 142 valence electrons. The summed E-state index contributed by atoms with van der Waals surface area (Å²) in [6, 6.07) is 3.50. The number of fused-ring (bicyclic) bond motifs is 2. The van der Waals surface area contributed by atoms with Crippen LogP contribution in [0.5, 0.6) is 0 Å². The fraction of sp³-hybridized carbons (Fsp3) is 0.650. The largest absolute Gasteiger partial charge is 0.444 e. The van der Waals surface area contributed by atoms with Gasteiger partial charge in [-0.2, -0.15) is 0 Å². The quantitative estimate of drug-likeness (QED) is 0.757. The van der Waals surface area contributed by atoms with Crippen LogP contribution >= 0.6 is 0 Å². The van der Waals surface area contributed by atoms with E-state index in [4.69, 9.17) is 9.47 Å². The molecule has 0 N–H and O–H groups in total. The highest BCUT2D eigenvalue weighted by molar-refractivity contribution is 5.99. The van der Waals surface area contributed by atoms with Crippen LogP contribution in [0, 0.1) is 19.8 Å². The minimum absolute atomic E-state index is 0.115. The molecule has 0 spiro atoms. The third-order valence-corrected chi connectivity index (χ3v) is 4.99. The average molecular weight is 360 g/mol. The van der Waals surface area contributed by atoms with Crippen molar-refractivity contribution in [3.63, 3.8) is 0 Å². The van der Waals surface area contributed by atoms with Crippen molar-refractivity contribution in [2.75, 3.05) is 13.2 Å². The van der Waals surface area contributed by atoms with Crippen molar-refractivity contribution in [2.45, 2.75) is 65.1 Å². The van der Waals surface area contributed by atoms with Gasteiger partial charge in [-0.3, -0.25) is 14.7 Å². The smallest absolute Gasteiger partial charge is 0.410 e. The molecular formula is C20H28N2O4. The second-order valence-corrected chi connectivity index (χ2v) is 8.35. The summed E-state index contributed by atoms with van der Waals surface area (Å²) >= 11 is 0. The van der Waals surface area contributed by atoms with Crippen molar-refractivity contribution >= 4 is 11.9 Å². The first-order valence-electron chi connectivity index (χ1n) is 9.23. The molecule has 2 unspecified atom stereocenters.